The van der Waals surface area contributed by atoms with Crippen molar-refractivity contribution in [1.29, 1.82) is 0 Å². The third-order valence-corrected chi connectivity index (χ3v) is 4.55. The molecule has 4 rings (SSSR count). The van der Waals surface area contributed by atoms with Crippen LogP contribution in [0.1, 0.15) is 6.42 Å². The van der Waals surface area contributed by atoms with Gasteiger partial charge in [-0.05, 0) is 18.2 Å². The first-order valence-corrected chi connectivity index (χ1v) is 9.08. The van der Waals surface area contributed by atoms with E-state index in [1.54, 1.807) is 41.6 Å². The Kier molecular flexibility index (Phi) is 5.34. The Morgan fingerprint density at radius 1 is 1.21 bits per heavy atom. The van der Waals surface area contributed by atoms with E-state index < -0.39 is 5.76 Å². The van der Waals surface area contributed by atoms with Crippen molar-refractivity contribution >= 4 is 17.0 Å². The number of hydrogen-bond donors (Lipinski definition) is 0. The molecule has 1 atom stereocenters. The van der Waals surface area contributed by atoms with E-state index in [1.165, 1.54) is 4.57 Å². The van der Waals surface area contributed by atoms with Gasteiger partial charge in [0.05, 0.1) is 18.7 Å². The molecule has 0 radical (unpaired) electrons. The number of para-hydroxylation sites is 2. The van der Waals surface area contributed by atoms with Crippen LogP contribution in [-0.2, 0) is 16.1 Å². The minimum atomic E-state index is -0.454. The fourth-order valence-electron chi connectivity index (χ4n) is 3.17. The van der Waals surface area contributed by atoms with Gasteiger partial charge in [0.25, 0.3) is 0 Å². The molecule has 1 aliphatic heterocycles. The van der Waals surface area contributed by atoms with E-state index in [9.17, 15) is 9.59 Å². The van der Waals surface area contributed by atoms with Gasteiger partial charge in [0.15, 0.2) is 5.58 Å². The van der Waals surface area contributed by atoms with Gasteiger partial charge in [-0.25, -0.2) is 14.8 Å². The molecule has 9 nitrogen and oxygen atoms in total. The Morgan fingerprint density at radius 3 is 2.89 bits per heavy atom. The summed E-state index contributed by atoms with van der Waals surface area (Å²) in [6.07, 6.45) is 3.15. The fraction of sp³-hybridized carbons (Fsp3) is 0.368. The van der Waals surface area contributed by atoms with Crippen molar-refractivity contribution < 1.29 is 18.7 Å². The molecule has 0 N–H and O–H groups in total. The van der Waals surface area contributed by atoms with Crippen LogP contribution in [0.5, 0.6) is 6.01 Å². The highest BCUT2D eigenvalue weighted by atomic mass is 16.5. The van der Waals surface area contributed by atoms with Crippen LogP contribution in [0.4, 0.5) is 0 Å². The summed E-state index contributed by atoms with van der Waals surface area (Å²) < 4.78 is 17.9. The summed E-state index contributed by atoms with van der Waals surface area (Å²) in [4.78, 5) is 34.4. The lowest BCUT2D eigenvalue weighted by Crippen LogP contribution is -2.47. The number of fused-ring (bicyclic) bond motifs is 1. The molecular formula is C19H20N4O5. The van der Waals surface area contributed by atoms with Crippen molar-refractivity contribution in [1.82, 2.24) is 19.4 Å². The molecule has 1 amide bonds. The fourth-order valence-corrected chi connectivity index (χ4v) is 3.17. The van der Waals surface area contributed by atoms with E-state index in [-0.39, 0.29) is 37.6 Å². The zero-order valence-electron chi connectivity index (χ0n) is 15.2. The molecule has 0 saturated carbocycles. The SMILES string of the molecule is O=C(CCn1c(=O)oc2ccccc21)N1CCOC(COc2ncccn2)C1. The van der Waals surface area contributed by atoms with Gasteiger partial charge in [-0.3, -0.25) is 9.36 Å². The highest BCUT2D eigenvalue weighted by Crippen LogP contribution is 2.13. The second-order valence-corrected chi connectivity index (χ2v) is 6.41. The topological polar surface area (TPSA) is 99.7 Å². The number of oxazole rings is 1. The summed E-state index contributed by atoms with van der Waals surface area (Å²) in [5.41, 5.74) is 1.21. The molecule has 0 aliphatic carbocycles. The highest BCUT2D eigenvalue weighted by Gasteiger charge is 2.25. The zero-order valence-corrected chi connectivity index (χ0v) is 15.2. The average molecular weight is 384 g/mol. The first-order valence-electron chi connectivity index (χ1n) is 9.08. The standard InChI is InChI=1S/C19H20N4O5/c24-17(6-9-23-15-4-1-2-5-16(15)28-19(23)25)22-10-11-26-14(12-22)13-27-18-20-7-3-8-21-18/h1-5,7-8,14H,6,9-13H2. The minimum absolute atomic E-state index is 0.0403. The highest BCUT2D eigenvalue weighted by molar-refractivity contribution is 5.77. The molecule has 2 aromatic heterocycles. The van der Waals surface area contributed by atoms with Crippen LogP contribution >= 0.6 is 0 Å². The van der Waals surface area contributed by atoms with Gasteiger partial charge in [0.2, 0.25) is 5.91 Å². The Labute approximate surface area is 160 Å². The Morgan fingerprint density at radius 2 is 2.04 bits per heavy atom. The Bertz CT molecular complexity index is 1000. The number of morpholine rings is 1. The predicted octanol–water partition coefficient (Wildman–Crippen LogP) is 1.08. The number of amides is 1. The van der Waals surface area contributed by atoms with Crippen molar-refractivity contribution in [2.24, 2.45) is 0 Å². The lowest BCUT2D eigenvalue weighted by Gasteiger charge is -2.32. The third kappa shape index (κ3) is 4.04. The van der Waals surface area contributed by atoms with Gasteiger partial charge in [0.1, 0.15) is 12.7 Å². The molecule has 1 saturated heterocycles. The van der Waals surface area contributed by atoms with Gasteiger partial charge in [-0.15, -0.1) is 0 Å². The molecule has 1 aromatic carbocycles. The van der Waals surface area contributed by atoms with Crippen LogP contribution in [0.2, 0.25) is 0 Å². The second kappa shape index (κ2) is 8.22. The number of aryl methyl sites for hydroxylation is 1. The molecule has 1 aliphatic rings. The summed E-state index contributed by atoms with van der Waals surface area (Å²) in [7, 11) is 0. The molecule has 146 valence electrons. The number of nitrogens with zero attached hydrogens (tertiary/aromatic N) is 4. The summed E-state index contributed by atoms with van der Waals surface area (Å²) in [5, 5.41) is 0. The van der Waals surface area contributed by atoms with Gasteiger partial charge in [-0.2, -0.15) is 0 Å². The number of ether oxygens (including phenoxy) is 2. The number of rotatable bonds is 6. The molecule has 1 unspecified atom stereocenters. The number of benzene rings is 1. The molecule has 3 aromatic rings. The van der Waals surface area contributed by atoms with Crippen molar-refractivity contribution in [3.63, 3.8) is 0 Å². The maximum atomic E-state index is 12.6. The smallest absolute Gasteiger partial charge is 0.419 e. The monoisotopic (exact) mass is 384 g/mol. The summed E-state index contributed by atoms with van der Waals surface area (Å²) in [5.74, 6) is -0.494. The summed E-state index contributed by atoms with van der Waals surface area (Å²) in [6, 6.07) is 9.16. The van der Waals surface area contributed by atoms with Gasteiger partial charge >= 0.3 is 11.8 Å². The molecule has 9 heteroatoms. The number of carbonyl (C=O) groups excluding carboxylic acids is 1. The Balaban J connectivity index is 1.33. The molecule has 3 heterocycles. The molecule has 0 bridgehead atoms. The van der Waals surface area contributed by atoms with Crippen molar-refractivity contribution in [3.05, 3.63) is 53.3 Å². The van der Waals surface area contributed by atoms with E-state index >= 15 is 0 Å². The van der Waals surface area contributed by atoms with Gasteiger partial charge in [0, 0.05) is 31.9 Å². The van der Waals surface area contributed by atoms with Crippen LogP contribution < -0.4 is 10.5 Å². The lowest BCUT2D eigenvalue weighted by atomic mass is 10.2. The number of hydrogen-bond acceptors (Lipinski definition) is 7. The van der Waals surface area contributed by atoms with Crippen molar-refractivity contribution in [2.75, 3.05) is 26.3 Å². The zero-order chi connectivity index (χ0) is 19.3. The molecule has 28 heavy (non-hydrogen) atoms. The van der Waals surface area contributed by atoms with Crippen LogP contribution in [0.25, 0.3) is 11.1 Å². The second-order valence-electron chi connectivity index (χ2n) is 6.41. The average Bonchev–Trinajstić information content (AvgIpc) is 3.06. The summed E-state index contributed by atoms with van der Waals surface area (Å²) >= 11 is 0. The van der Waals surface area contributed by atoms with Crippen molar-refractivity contribution in [3.8, 4) is 6.01 Å². The minimum Gasteiger partial charge on any atom is -0.461 e. The molecule has 0 spiro atoms. The van der Waals surface area contributed by atoms with E-state index in [4.69, 9.17) is 13.9 Å². The normalized spacial score (nSPS) is 17.0. The molecular weight excluding hydrogens is 364 g/mol. The van der Waals surface area contributed by atoms with Gasteiger partial charge in [-0.1, -0.05) is 12.1 Å². The molecule has 1 fully saturated rings. The summed E-state index contributed by atoms with van der Waals surface area (Å²) in [6.45, 7) is 1.90. The van der Waals surface area contributed by atoms with E-state index in [1.807, 2.05) is 6.07 Å². The van der Waals surface area contributed by atoms with Crippen molar-refractivity contribution in [2.45, 2.75) is 19.1 Å². The number of carbonyl (C=O) groups is 1. The lowest BCUT2D eigenvalue weighted by molar-refractivity contribution is -0.140. The Hall–Kier alpha value is -3.20. The van der Waals surface area contributed by atoms with Crippen LogP contribution in [-0.4, -0.2) is 57.7 Å². The van der Waals surface area contributed by atoms with E-state index in [2.05, 4.69) is 9.97 Å². The van der Waals surface area contributed by atoms with Crippen LogP contribution in [0.15, 0.2) is 51.9 Å². The quantitative estimate of drug-likeness (QED) is 0.627. The largest absolute Gasteiger partial charge is 0.461 e. The van der Waals surface area contributed by atoms with Crippen LogP contribution in [0, 0.1) is 0 Å². The first kappa shape index (κ1) is 18.2. The third-order valence-electron chi connectivity index (χ3n) is 4.55. The number of aromatic nitrogens is 3. The maximum absolute atomic E-state index is 12.6. The maximum Gasteiger partial charge on any atom is 0.419 e. The van der Waals surface area contributed by atoms with Crippen LogP contribution in [0.3, 0.4) is 0 Å². The predicted molar refractivity (Wildman–Crippen MR) is 98.9 cm³/mol. The van der Waals surface area contributed by atoms with Gasteiger partial charge < -0.3 is 18.8 Å². The van der Waals surface area contributed by atoms with E-state index in [0.717, 1.165) is 0 Å². The first-order chi connectivity index (χ1) is 13.7. The van der Waals surface area contributed by atoms with E-state index in [0.29, 0.717) is 30.8 Å².